The van der Waals surface area contributed by atoms with E-state index in [1.165, 1.54) is 18.4 Å². The molecule has 1 nitrogen and oxygen atoms in total. The monoisotopic (exact) mass is 209 g/mol. The average molecular weight is 209 g/mol. The van der Waals surface area contributed by atoms with Crippen molar-refractivity contribution in [3.8, 4) is 0 Å². The van der Waals surface area contributed by atoms with Crippen molar-refractivity contribution in [3.05, 3.63) is 23.9 Å². The van der Waals surface area contributed by atoms with Gasteiger partial charge in [-0.3, -0.25) is 4.99 Å². The topological polar surface area (TPSA) is 12.4 Å². The van der Waals surface area contributed by atoms with E-state index in [-0.39, 0.29) is 0 Å². The summed E-state index contributed by atoms with van der Waals surface area (Å²) >= 11 is 0. The highest BCUT2D eigenvalue weighted by Gasteiger charge is 2.15. The van der Waals surface area contributed by atoms with Crippen molar-refractivity contribution >= 4 is 6.72 Å². The van der Waals surface area contributed by atoms with E-state index in [9.17, 15) is 0 Å². The largest absolute Gasteiger partial charge is 0.269 e. The van der Waals surface area contributed by atoms with Gasteiger partial charge in [0.1, 0.15) is 0 Å². The third kappa shape index (κ3) is 5.56. The molecule has 0 N–H and O–H groups in total. The minimum Gasteiger partial charge on any atom is -0.269 e. The fourth-order valence-corrected chi connectivity index (χ4v) is 1.64. The van der Waals surface area contributed by atoms with Crippen LogP contribution in [0.25, 0.3) is 0 Å². The molecule has 0 heterocycles. The highest BCUT2D eigenvalue weighted by atomic mass is 14.7. The summed E-state index contributed by atoms with van der Waals surface area (Å²) in [7, 11) is 0. The summed E-state index contributed by atoms with van der Waals surface area (Å²) in [6.07, 6.45) is 5.55. The Bertz CT molecular complexity index is 201. The van der Waals surface area contributed by atoms with Gasteiger partial charge >= 0.3 is 0 Å². The molecule has 0 aromatic rings. The van der Waals surface area contributed by atoms with Crippen molar-refractivity contribution in [2.45, 2.75) is 53.9 Å². The van der Waals surface area contributed by atoms with Gasteiger partial charge < -0.3 is 0 Å². The van der Waals surface area contributed by atoms with E-state index >= 15 is 0 Å². The molecule has 0 bridgehead atoms. The zero-order chi connectivity index (χ0) is 12.3. The molecule has 1 rings (SSSR count). The van der Waals surface area contributed by atoms with E-state index in [2.05, 4.69) is 25.2 Å². The molecule has 0 aromatic carbocycles. The number of hydrogen-bond acceptors (Lipinski definition) is 1. The fourth-order valence-electron chi connectivity index (χ4n) is 1.64. The van der Waals surface area contributed by atoms with E-state index < -0.39 is 0 Å². The molecule has 0 spiro atoms. The van der Waals surface area contributed by atoms with Gasteiger partial charge in [-0.1, -0.05) is 47.3 Å². The van der Waals surface area contributed by atoms with Gasteiger partial charge in [0.25, 0.3) is 0 Å². The predicted octanol–water partition coefficient (Wildman–Crippen LogP) is 5.00. The van der Waals surface area contributed by atoms with Gasteiger partial charge in [-0.25, -0.2) is 0 Å². The van der Waals surface area contributed by atoms with Crippen molar-refractivity contribution in [2.24, 2.45) is 10.9 Å². The summed E-state index contributed by atoms with van der Waals surface area (Å²) in [6.45, 7) is 17.5. The summed E-state index contributed by atoms with van der Waals surface area (Å²) in [5.74, 6) is 0.578. The van der Waals surface area contributed by atoms with Gasteiger partial charge in [0.2, 0.25) is 0 Å². The quantitative estimate of drug-likeness (QED) is 0.567. The molecule has 0 aromatic heterocycles. The van der Waals surface area contributed by atoms with Gasteiger partial charge in [0, 0.05) is 5.70 Å². The Labute approximate surface area is 96.0 Å². The van der Waals surface area contributed by atoms with Gasteiger partial charge in [-0.15, -0.1) is 0 Å². The Hall–Kier alpha value is -0.850. The van der Waals surface area contributed by atoms with Gasteiger partial charge in [-0.05, 0) is 37.5 Å². The first-order valence-electron chi connectivity index (χ1n) is 6.11. The SMILES string of the molecule is C=CC1=C(N=C)C(C)CCC1.CC.CC. The van der Waals surface area contributed by atoms with Gasteiger partial charge in [0.05, 0.1) is 0 Å². The maximum absolute atomic E-state index is 4.04. The highest BCUT2D eigenvalue weighted by molar-refractivity contribution is 5.35. The molecule has 1 atom stereocenters. The van der Waals surface area contributed by atoms with Crippen LogP contribution < -0.4 is 0 Å². The van der Waals surface area contributed by atoms with E-state index in [4.69, 9.17) is 0 Å². The molecule has 0 radical (unpaired) electrons. The summed E-state index contributed by atoms with van der Waals surface area (Å²) in [6, 6.07) is 0. The van der Waals surface area contributed by atoms with E-state index in [1.807, 2.05) is 33.8 Å². The number of aliphatic imine (C=N–C) groups is 1. The number of allylic oxidation sites excluding steroid dienone is 3. The molecule has 0 fully saturated rings. The maximum atomic E-state index is 4.04. The average Bonchev–Trinajstić information content (AvgIpc) is 2.33. The van der Waals surface area contributed by atoms with Crippen molar-refractivity contribution in [2.75, 3.05) is 0 Å². The second kappa shape index (κ2) is 11.2. The third-order valence-electron chi connectivity index (χ3n) is 2.30. The van der Waals surface area contributed by atoms with Crippen LogP contribution in [0.5, 0.6) is 0 Å². The van der Waals surface area contributed by atoms with Crippen LogP contribution in [0.1, 0.15) is 53.9 Å². The Morgan fingerprint density at radius 2 is 1.80 bits per heavy atom. The lowest BCUT2D eigenvalue weighted by Crippen LogP contribution is -2.06. The predicted molar refractivity (Wildman–Crippen MR) is 72.5 cm³/mol. The molecular weight excluding hydrogens is 182 g/mol. The summed E-state index contributed by atoms with van der Waals surface area (Å²) in [5.41, 5.74) is 2.45. The number of nitrogens with zero attached hydrogens (tertiary/aromatic N) is 1. The molecule has 1 aliphatic rings. The molecule has 0 aliphatic heterocycles. The number of hydrogen-bond donors (Lipinski definition) is 0. The van der Waals surface area contributed by atoms with Crippen molar-refractivity contribution < 1.29 is 0 Å². The Morgan fingerprint density at radius 3 is 2.13 bits per heavy atom. The first kappa shape index (κ1) is 16.6. The Balaban J connectivity index is 0. The normalized spacial score (nSPS) is 19.1. The van der Waals surface area contributed by atoms with Crippen LogP contribution in [0.2, 0.25) is 0 Å². The van der Waals surface area contributed by atoms with E-state index in [0.29, 0.717) is 5.92 Å². The van der Waals surface area contributed by atoms with Crippen LogP contribution >= 0.6 is 0 Å². The van der Waals surface area contributed by atoms with Crippen LogP contribution in [-0.2, 0) is 0 Å². The standard InChI is InChI=1S/C10H15N.2C2H6/c1-4-9-7-5-6-8(2)10(9)11-3;2*1-2/h4,8H,1,3,5-7H2,2H3;2*1-2H3. The summed E-state index contributed by atoms with van der Waals surface area (Å²) in [5, 5.41) is 0. The smallest absolute Gasteiger partial charge is 0.0456 e. The number of rotatable bonds is 2. The summed E-state index contributed by atoms with van der Waals surface area (Å²) < 4.78 is 0. The second-order valence-corrected chi connectivity index (χ2v) is 3.07. The molecule has 88 valence electrons. The molecule has 1 heteroatoms. The van der Waals surface area contributed by atoms with Crippen molar-refractivity contribution in [3.63, 3.8) is 0 Å². The molecule has 0 saturated carbocycles. The highest BCUT2D eigenvalue weighted by Crippen LogP contribution is 2.30. The minimum atomic E-state index is 0.578. The first-order chi connectivity index (χ1) is 7.29. The van der Waals surface area contributed by atoms with Crippen LogP contribution in [-0.4, -0.2) is 6.72 Å². The lowest BCUT2D eigenvalue weighted by atomic mass is 9.88. The zero-order valence-corrected chi connectivity index (χ0v) is 11.1. The molecule has 1 unspecified atom stereocenters. The van der Waals surface area contributed by atoms with E-state index in [0.717, 1.165) is 12.1 Å². The first-order valence-corrected chi connectivity index (χ1v) is 6.11. The maximum Gasteiger partial charge on any atom is 0.0456 e. The molecular formula is C14H27N. The van der Waals surface area contributed by atoms with Crippen molar-refractivity contribution in [1.82, 2.24) is 0 Å². The van der Waals surface area contributed by atoms with Crippen LogP contribution in [0, 0.1) is 5.92 Å². The lowest BCUT2D eigenvalue weighted by molar-refractivity contribution is 0.537. The van der Waals surface area contributed by atoms with Gasteiger partial charge in [0.15, 0.2) is 0 Å². The molecule has 0 saturated heterocycles. The molecule has 15 heavy (non-hydrogen) atoms. The van der Waals surface area contributed by atoms with Crippen LogP contribution in [0.15, 0.2) is 28.9 Å². The second-order valence-electron chi connectivity index (χ2n) is 3.07. The van der Waals surface area contributed by atoms with Crippen molar-refractivity contribution in [1.29, 1.82) is 0 Å². The minimum absolute atomic E-state index is 0.578. The Kier molecular flexibility index (Phi) is 12.4. The Morgan fingerprint density at radius 1 is 1.27 bits per heavy atom. The molecule has 1 aliphatic carbocycles. The van der Waals surface area contributed by atoms with Gasteiger partial charge in [-0.2, -0.15) is 0 Å². The summed E-state index contributed by atoms with van der Waals surface area (Å²) in [4.78, 5) is 4.04. The fraction of sp³-hybridized carbons (Fsp3) is 0.643. The van der Waals surface area contributed by atoms with E-state index in [1.54, 1.807) is 0 Å². The van der Waals surface area contributed by atoms with Crippen LogP contribution in [0.3, 0.4) is 0 Å². The molecule has 0 amide bonds. The lowest BCUT2D eigenvalue weighted by Gasteiger charge is -2.20. The van der Waals surface area contributed by atoms with Crippen LogP contribution in [0.4, 0.5) is 0 Å². The zero-order valence-electron chi connectivity index (χ0n) is 11.1. The third-order valence-corrected chi connectivity index (χ3v) is 2.30.